The Morgan fingerprint density at radius 1 is 1.00 bits per heavy atom. The van der Waals surface area contributed by atoms with Gasteiger partial charge < -0.3 is 5.11 Å². The van der Waals surface area contributed by atoms with Crippen molar-refractivity contribution in [3.05, 3.63) is 66.0 Å². The summed E-state index contributed by atoms with van der Waals surface area (Å²) in [7, 11) is 0. The molecular formula is C14H13FOS. The van der Waals surface area contributed by atoms with Gasteiger partial charge in [-0.25, -0.2) is 4.39 Å². The van der Waals surface area contributed by atoms with Crippen LogP contribution in [0.2, 0.25) is 0 Å². The van der Waals surface area contributed by atoms with Crippen LogP contribution in [0.5, 0.6) is 0 Å². The van der Waals surface area contributed by atoms with Crippen molar-refractivity contribution in [2.75, 3.05) is 5.75 Å². The topological polar surface area (TPSA) is 20.2 Å². The number of aliphatic hydroxyl groups is 1. The van der Waals surface area contributed by atoms with Crippen molar-refractivity contribution in [2.24, 2.45) is 0 Å². The fraction of sp³-hybridized carbons (Fsp3) is 0.143. The smallest absolute Gasteiger partial charge is 0.123 e. The zero-order chi connectivity index (χ0) is 12.1. The van der Waals surface area contributed by atoms with Gasteiger partial charge in [0.2, 0.25) is 0 Å². The molecule has 88 valence electrons. The van der Waals surface area contributed by atoms with E-state index in [0.29, 0.717) is 5.75 Å². The Bertz CT molecular complexity index is 455. The Balaban J connectivity index is 1.92. The molecule has 0 heterocycles. The average Bonchev–Trinajstić information content (AvgIpc) is 2.39. The summed E-state index contributed by atoms with van der Waals surface area (Å²) in [6, 6.07) is 15.8. The third kappa shape index (κ3) is 3.58. The predicted molar refractivity (Wildman–Crippen MR) is 68.5 cm³/mol. The van der Waals surface area contributed by atoms with Crippen LogP contribution in [0.25, 0.3) is 0 Å². The first-order chi connectivity index (χ1) is 8.25. The molecule has 0 spiro atoms. The number of hydrogen-bond acceptors (Lipinski definition) is 2. The highest BCUT2D eigenvalue weighted by Gasteiger charge is 2.07. The molecule has 1 nitrogen and oxygen atoms in total. The van der Waals surface area contributed by atoms with E-state index in [1.807, 2.05) is 30.3 Å². The molecule has 0 aromatic heterocycles. The van der Waals surface area contributed by atoms with Gasteiger partial charge in [-0.05, 0) is 29.8 Å². The van der Waals surface area contributed by atoms with E-state index in [2.05, 4.69) is 0 Å². The second-order valence-electron chi connectivity index (χ2n) is 3.69. The molecule has 2 rings (SSSR count). The summed E-state index contributed by atoms with van der Waals surface area (Å²) < 4.78 is 12.7. The summed E-state index contributed by atoms with van der Waals surface area (Å²) in [5, 5.41) is 9.94. The molecule has 0 saturated heterocycles. The van der Waals surface area contributed by atoms with E-state index < -0.39 is 6.10 Å². The molecule has 1 unspecified atom stereocenters. The van der Waals surface area contributed by atoms with Gasteiger partial charge in [-0.2, -0.15) is 0 Å². The highest BCUT2D eigenvalue weighted by Crippen LogP contribution is 2.24. The van der Waals surface area contributed by atoms with Crippen molar-refractivity contribution >= 4 is 11.8 Å². The number of rotatable bonds is 4. The van der Waals surface area contributed by atoms with Gasteiger partial charge in [0.1, 0.15) is 5.82 Å². The first-order valence-corrected chi connectivity index (χ1v) is 6.35. The molecule has 0 amide bonds. The minimum absolute atomic E-state index is 0.238. The second-order valence-corrected chi connectivity index (χ2v) is 4.78. The minimum Gasteiger partial charge on any atom is -0.388 e. The number of aliphatic hydroxyl groups excluding tert-OH is 1. The lowest BCUT2D eigenvalue weighted by atomic mass is 10.1. The number of hydrogen-bond donors (Lipinski definition) is 1. The number of benzene rings is 2. The zero-order valence-electron chi connectivity index (χ0n) is 9.21. The maximum absolute atomic E-state index is 12.7. The molecule has 1 N–H and O–H groups in total. The van der Waals surface area contributed by atoms with Gasteiger partial charge in [0.05, 0.1) is 6.10 Å². The van der Waals surface area contributed by atoms with Gasteiger partial charge in [-0.1, -0.05) is 30.3 Å². The molecule has 3 heteroatoms. The maximum atomic E-state index is 12.7. The quantitative estimate of drug-likeness (QED) is 0.833. The molecule has 0 bridgehead atoms. The molecule has 0 saturated carbocycles. The molecular weight excluding hydrogens is 235 g/mol. The summed E-state index contributed by atoms with van der Waals surface area (Å²) in [4.78, 5) is 0.960. The van der Waals surface area contributed by atoms with Crippen LogP contribution < -0.4 is 0 Å². The standard InChI is InChI=1S/C14H13FOS/c15-12-6-8-13(9-7-12)17-10-14(16)11-4-2-1-3-5-11/h1-9,14,16H,10H2. The lowest BCUT2D eigenvalue weighted by molar-refractivity contribution is 0.204. The molecule has 2 aromatic rings. The van der Waals surface area contributed by atoms with Crippen LogP contribution in [0, 0.1) is 5.82 Å². The largest absolute Gasteiger partial charge is 0.388 e. The van der Waals surface area contributed by atoms with Crippen LogP contribution in [0.4, 0.5) is 4.39 Å². The van der Waals surface area contributed by atoms with E-state index in [-0.39, 0.29) is 5.82 Å². The molecule has 17 heavy (non-hydrogen) atoms. The van der Waals surface area contributed by atoms with Gasteiger partial charge in [0.25, 0.3) is 0 Å². The van der Waals surface area contributed by atoms with Gasteiger partial charge in [0.15, 0.2) is 0 Å². The first-order valence-electron chi connectivity index (χ1n) is 5.37. The fourth-order valence-electron chi connectivity index (χ4n) is 1.48. The van der Waals surface area contributed by atoms with Crippen LogP contribution in [0.3, 0.4) is 0 Å². The van der Waals surface area contributed by atoms with Crippen molar-refractivity contribution in [1.29, 1.82) is 0 Å². The SMILES string of the molecule is OC(CSc1ccc(F)cc1)c1ccccc1. The molecule has 0 aliphatic carbocycles. The number of thioether (sulfide) groups is 1. The molecule has 2 aromatic carbocycles. The summed E-state index contributed by atoms with van der Waals surface area (Å²) in [6.45, 7) is 0. The van der Waals surface area contributed by atoms with Crippen LogP contribution in [0.15, 0.2) is 59.5 Å². The van der Waals surface area contributed by atoms with Gasteiger partial charge in [-0.15, -0.1) is 11.8 Å². The van der Waals surface area contributed by atoms with Crippen LogP contribution >= 0.6 is 11.8 Å². The van der Waals surface area contributed by atoms with Gasteiger partial charge in [-0.3, -0.25) is 0 Å². The third-order valence-electron chi connectivity index (χ3n) is 2.41. The Labute approximate surface area is 104 Å². The Kier molecular flexibility index (Phi) is 4.18. The second kappa shape index (κ2) is 5.84. The van der Waals surface area contributed by atoms with E-state index in [1.54, 1.807) is 12.1 Å². The summed E-state index contributed by atoms with van der Waals surface area (Å²) in [5.41, 5.74) is 0.905. The molecule has 0 aliphatic rings. The predicted octanol–water partition coefficient (Wildman–Crippen LogP) is 3.65. The molecule has 0 aliphatic heterocycles. The third-order valence-corrected chi connectivity index (χ3v) is 3.49. The van der Waals surface area contributed by atoms with Crippen molar-refractivity contribution < 1.29 is 9.50 Å². The monoisotopic (exact) mass is 248 g/mol. The van der Waals surface area contributed by atoms with Crippen molar-refractivity contribution in [3.63, 3.8) is 0 Å². The van der Waals surface area contributed by atoms with Crippen LogP contribution in [-0.2, 0) is 0 Å². The Morgan fingerprint density at radius 2 is 1.65 bits per heavy atom. The van der Waals surface area contributed by atoms with E-state index in [1.165, 1.54) is 23.9 Å². The Morgan fingerprint density at radius 3 is 2.29 bits per heavy atom. The first kappa shape index (κ1) is 12.1. The summed E-state index contributed by atoms with van der Waals surface area (Å²) in [5.74, 6) is 0.327. The van der Waals surface area contributed by atoms with Crippen molar-refractivity contribution in [1.82, 2.24) is 0 Å². The molecule has 0 fully saturated rings. The highest BCUT2D eigenvalue weighted by molar-refractivity contribution is 7.99. The van der Waals surface area contributed by atoms with Crippen molar-refractivity contribution in [3.8, 4) is 0 Å². The average molecular weight is 248 g/mol. The van der Waals surface area contributed by atoms with Gasteiger partial charge >= 0.3 is 0 Å². The van der Waals surface area contributed by atoms with Crippen molar-refractivity contribution in [2.45, 2.75) is 11.0 Å². The number of halogens is 1. The normalized spacial score (nSPS) is 12.4. The van der Waals surface area contributed by atoms with E-state index in [4.69, 9.17) is 0 Å². The molecule has 0 radical (unpaired) electrons. The highest BCUT2D eigenvalue weighted by atomic mass is 32.2. The van der Waals surface area contributed by atoms with E-state index >= 15 is 0 Å². The van der Waals surface area contributed by atoms with Crippen LogP contribution in [0.1, 0.15) is 11.7 Å². The van der Waals surface area contributed by atoms with Crippen LogP contribution in [-0.4, -0.2) is 10.9 Å². The zero-order valence-corrected chi connectivity index (χ0v) is 10.0. The lowest BCUT2D eigenvalue weighted by Crippen LogP contribution is -1.99. The molecule has 1 atom stereocenters. The van der Waals surface area contributed by atoms with E-state index in [9.17, 15) is 9.50 Å². The summed E-state index contributed by atoms with van der Waals surface area (Å²) >= 11 is 1.52. The maximum Gasteiger partial charge on any atom is 0.123 e. The van der Waals surface area contributed by atoms with Gasteiger partial charge in [0, 0.05) is 10.6 Å². The lowest BCUT2D eigenvalue weighted by Gasteiger charge is -2.10. The summed E-state index contributed by atoms with van der Waals surface area (Å²) in [6.07, 6.45) is -0.494. The Hall–Kier alpha value is -1.32. The fourth-order valence-corrected chi connectivity index (χ4v) is 2.35. The minimum atomic E-state index is -0.494. The van der Waals surface area contributed by atoms with E-state index in [0.717, 1.165) is 10.5 Å².